The van der Waals surface area contributed by atoms with Crippen LogP contribution in [0.2, 0.25) is 0 Å². The lowest BCUT2D eigenvalue weighted by molar-refractivity contribution is -0.205. The number of hydrogen-bond acceptors (Lipinski definition) is 8. The summed E-state index contributed by atoms with van der Waals surface area (Å²) in [7, 11) is 0. The molecule has 11 heteroatoms. The molecule has 206 valence electrons. The van der Waals surface area contributed by atoms with E-state index in [1.165, 1.54) is 17.3 Å². The van der Waals surface area contributed by atoms with Crippen LogP contribution in [-0.4, -0.2) is 94.1 Å². The van der Waals surface area contributed by atoms with Crippen LogP contribution < -0.4 is 10.6 Å². The molecule has 3 aliphatic rings. The number of thioether (sulfide) groups is 1. The summed E-state index contributed by atoms with van der Waals surface area (Å²) in [6.45, 7) is 9.97. The molecule has 3 heterocycles. The molecule has 1 amide bonds. The van der Waals surface area contributed by atoms with Gasteiger partial charge in [-0.3, -0.25) is 4.79 Å². The first kappa shape index (κ1) is 30.1. The molecule has 0 spiro atoms. The van der Waals surface area contributed by atoms with Crippen molar-refractivity contribution in [1.29, 1.82) is 0 Å². The maximum absolute atomic E-state index is 13.4. The topological polar surface area (TPSA) is 125 Å². The van der Waals surface area contributed by atoms with E-state index in [4.69, 9.17) is 27.6 Å². The molecular weight excluding hydrogens is 518 g/mol. The summed E-state index contributed by atoms with van der Waals surface area (Å²) in [4.78, 5) is 16.9. The summed E-state index contributed by atoms with van der Waals surface area (Å²) < 4.78 is 12.0. The van der Waals surface area contributed by atoms with Crippen LogP contribution >= 0.6 is 23.4 Å². The number of fused-ring (bicyclic) bond motifs is 1. The van der Waals surface area contributed by atoms with Crippen LogP contribution in [-0.2, 0) is 14.3 Å². The molecule has 0 bridgehead atoms. The molecule has 0 radical (unpaired) electrons. The fraction of sp³-hybridized carbons (Fsp3) is 0.692. The van der Waals surface area contributed by atoms with Crippen molar-refractivity contribution in [2.45, 2.75) is 86.5 Å². The van der Waals surface area contributed by atoms with Crippen LogP contribution in [0, 0.1) is 12.5 Å². The number of aliphatic hydroxyl groups excluding tert-OH is 3. The fourth-order valence-electron chi connectivity index (χ4n) is 5.51. The van der Waals surface area contributed by atoms with Crippen LogP contribution in [0.25, 0.3) is 4.85 Å². The van der Waals surface area contributed by atoms with Crippen molar-refractivity contribution in [2.75, 3.05) is 19.4 Å². The summed E-state index contributed by atoms with van der Waals surface area (Å²) in [5, 5.41) is 36.7. The lowest BCUT2D eigenvalue weighted by Crippen LogP contribution is -2.65. The molecule has 1 aromatic carbocycles. The molecular formula is C26H38ClN3O6S. The molecule has 1 aromatic rings. The molecule has 3 aliphatic heterocycles. The number of aliphatic hydroxyl groups is 3. The number of ether oxygens (including phenoxy) is 2. The SMILES string of the molecule is C.[C-]#[N+]c1ccc([C@@H]2CCO[C@@H]3[C@H](CN[C@@H]3C(=O)N[C@H]([C@H](C)Cl)[C@H]3OC(SC)[C@H](O)[C@H](O)C3O)C2)cc1. The Hall–Kier alpha value is -1.42. The molecule has 3 saturated heterocycles. The second-order valence-corrected chi connectivity index (χ2v) is 11.4. The van der Waals surface area contributed by atoms with Gasteiger partial charge in [-0.2, -0.15) is 0 Å². The molecule has 0 saturated carbocycles. The predicted octanol–water partition coefficient (Wildman–Crippen LogP) is 2.01. The first-order valence-electron chi connectivity index (χ1n) is 12.2. The lowest BCUT2D eigenvalue weighted by atomic mass is 9.85. The minimum Gasteiger partial charge on any atom is -0.388 e. The van der Waals surface area contributed by atoms with Crippen molar-refractivity contribution in [3.05, 3.63) is 41.2 Å². The molecule has 4 rings (SSSR count). The second-order valence-electron chi connectivity index (χ2n) is 9.79. The average Bonchev–Trinajstić information content (AvgIpc) is 3.16. The number of nitrogens with zero attached hydrogens (tertiary/aromatic N) is 1. The Labute approximate surface area is 228 Å². The van der Waals surface area contributed by atoms with E-state index in [0.717, 1.165) is 12.8 Å². The van der Waals surface area contributed by atoms with Gasteiger partial charge in [0.25, 0.3) is 0 Å². The van der Waals surface area contributed by atoms with E-state index in [1.54, 1.807) is 13.2 Å². The molecule has 0 aromatic heterocycles. The highest BCUT2D eigenvalue weighted by Crippen LogP contribution is 2.37. The predicted molar refractivity (Wildman–Crippen MR) is 144 cm³/mol. The largest absolute Gasteiger partial charge is 0.388 e. The van der Waals surface area contributed by atoms with Gasteiger partial charge in [-0.1, -0.05) is 31.7 Å². The van der Waals surface area contributed by atoms with Crippen LogP contribution in [0.4, 0.5) is 5.69 Å². The van der Waals surface area contributed by atoms with Gasteiger partial charge in [0, 0.05) is 19.1 Å². The highest BCUT2D eigenvalue weighted by Gasteiger charge is 2.49. The van der Waals surface area contributed by atoms with E-state index in [9.17, 15) is 20.1 Å². The summed E-state index contributed by atoms with van der Waals surface area (Å²) in [5.41, 5.74) is 1.02. The van der Waals surface area contributed by atoms with E-state index in [0.29, 0.717) is 18.8 Å². The minimum absolute atomic E-state index is 0. The summed E-state index contributed by atoms with van der Waals surface area (Å²) in [5.74, 6) is 0.105. The van der Waals surface area contributed by atoms with E-state index < -0.39 is 47.3 Å². The van der Waals surface area contributed by atoms with Crippen LogP contribution in [0.5, 0.6) is 0 Å². The Morgan fingerprint density at radius 2 is 1.95 bits per heavy atom. The Balaban J connectivity index is 0.00000380. The number of carbonyl (C=O) groups is 1. The van der Waals surface area contributed by atoms with E-state index >= 15 is 0 Å². The van der Waals surface area contributed by atoms with Gasteiger partial charge >= 0.3 is 0 Å². The number of benzene rings is 1. The van der Waals surface area contributed by atoms with Crippen LogP contribution in [0.3, 0.4) is 0 Å². The van der Waals surface area contributed by atoms with Gasteiger partial charge in [-0.05, 0) is 37.5 Å². The number of halogens is 1. The molecule has 11 atom stereocenters. The Bertz CT molecular complexity index is 945. The van der Waals surface area contributed by atoms with Crippen molar-refractivity contribution >= 4 is 35.0 Å². The van der Waals surface area contributed by atoms with Gasteiger partial charge in [0.15, 0.2) is 5.69 Å². The highest BCUT2D eigenvalue weighted by atomic mass is 35.5. The third-order valence-corrected chi connectivity index (χ3v) is 8.66. The maximum atomic E-state index is 13.4. The first-order chi connectivity index (χ1) is 17.2. The van der Waals surface area contributed by atoms with Crippen molar-refractivity contribution < 1.29 is 29.6 Å². The zero-order chi connectivity index (χ0) is 26.0. The Kier molecular flexibility index (Phi) is 10.7. The molecule has 0 aliphatic carbocycles. The lowest BCUT2D eigenvalue weighted by Gasteiger charge is -2.44. The standard InChI is InChI=1S/C25H34ClN3O6S.CH4/c1-12(26)17(23-20(31)19(30)21(32)25(35-23)36-3)29-24(33)18-22-15(11-28-18)10-14(8-9-34-22)13-4-6-16(27-2)7-5-13;/h4-7,12,14-15,17-23,25,28,30-32H,8-11H2,1,3H3,(H,29,33);1H4/t12-,14+,15-,17+,18-,19+,20?,21+,22+,23+,25?;/m0./s1. The van der Waals surface area contributed by atoms with Crippen LogP contribution in [0.1, 0.15) is 38.7 Å². The highest BCUT2D eigenvalue weighted by molar-refractivity contribution is 7.99. The number of nitrogens with one attached hydrogen (secondary N) is 2. The molecule has 5 N–H and O–H groups in total. The van der Waals surface area contributed by atoms with Gasteiger partial charge in [0.05, 0.1) is 24.1 Å². The van der Waals surface area contributed by atoms with Crippen LogP contribution in [0.15, 0.2) is 24.3 Å². The monoisotopic (exact) mass is 555 g/mol. The minimum atomic E-state index is -1.42. The quantitative estimate of drug-likeness (QED) is 0.267. The third-order valence-electron chi connectivity index (χ3n) is 7.53. The summed E-state index contributed by atoms with van der Waals surface area (Å²) in [6, 6.07) is 6.28. The average molecular weight is 556 g/mol. The Morgan fingerprint density at radius 3 is 2.57 bits per heavy atom. The van der Waals surface area contributed by atoms with E-state index in [-0.39, 0.29) is 31.3 Å². The Morgan fingerprint density at radius 1 is 1.24 bits per heavy atom. The number of hydrogen-bond donors (Lipinski definition) is 5. The van der Waals surface area contributed by atoms with Gasteiger partial charge in [-0.25, -0.2) is 4.85 Å². The van der Waals surface area contributed by atoms with Crippen molar-refractivity contribution in [3.63, 3.8) is 0 Å². The smallest absolute Gasteiger partial charge is 0.240 e. The zero-order valence-corrected chi connectivity index (χ0v) is 21.9. The second kappa shape index (κ2) is 13.1. The number of alkyl halides is 1. The molecule has 9 nitrogen and oxygen atoms in total. The third kappa shape index (κ3) is 6.43. The molecule has 37 heavy (non-hydrogen) atoms. The number of amides is 1. The van der Waals surface area contributed by atoms with Crippen molar-refractivity contribution in [2.24, 2.45) is 5.92 Å². The van der Waals surface area contributed by atoms with Gasteiger partial charge in [0.1, 0.15) is 35.9 Å². The normalized spacial score (nSPS) is 37.3. The fourth-order valence-corrected chi connectivity index (χ4v) is 6.39. The van der Waals surface area contributed by atoms with Crippen molar-refractivity contribution in [3.8, 4) is 0 Å². The zero-order valence-electron chi connectivity index (χ0n) is 20.3. The summed E-state index contributed by atoms with van der Waals surface area (Å²) in [6.07, 6.45) is -1.98. The summed E-state index contributed by atoms with van der Waals surface area (Å²) >= 11 is 7.62. The molecule has 3 fully saturated rings. The van der Waals surface area contributed by atoms with Gasteiger partial charge in [-0.15, -0.1) is 23.4 Å². The number of rotatable bonds is 6. The van der Waals surface area contributed by atoms with E-state index in [1.807, 2.05) is 24.3 Å². The number of carbonyl (C=O) groups excluding carboxylic acids is 1. The maximum Gasteiger partial charge on any atom is 0.240 e. The first-order valence-corrected chi connectivity index (χ1v) is 14.0. The van der Waals surface area contributed by atoms with Gasteiger partial charge < -0.3 is 35.4 Å². The van der Waals surface area contributed by atoms with Gasteiger partial charge in [0.2, 0.25) is 5.91 Å². The van der Waals surface area contributed by atoms with Crippen molar-refractivity contribution in [1.82, 2.24) is 10.6 Å². The molecule has 2 unspecified atom stereocenters. The van der Waals surface area contributed by atoms with E-state index in [2.05, 4.69) is 15.5 Å².